The van der Waals surface area contributed by atoms with E-state index in [1.807, 2.05) is 6.07 Å². The molecule has 2 aromatic rings. The van der Waals surface area contributed by atoms with E-state index in [-0.39, 0.29) is 0 Å². The van der Waals surface area contributed by atoms with Crippen LogP contribution in [0.15, 0.2) is 53.4 Å². The maximum atomic E-state index is 12.9. The predicted octanol–water partition coefficient (Wildman–Crippen LogP) is 2.53. The normalized spacial score (nSPS) is 18.9. The molecule has 26 heavy (non-hydrogen) atoms. The number of piperazine rings is 1. The molecular formula is C20H25N3O2S. The second-order valence-corrected chi connectivity index (χ2v) is 8.90. The summed E-state index contributed by atoms with van der Waals surface area (Å²) in [7, 11) is -3.44. The number of likely N-dealkylation sites (N-methyl/N-ethyl adjacent to an activating group) is 1. The molecule has 0 saturated carbocycles. The standard InChI is InChI=1S/C20H25N3O2S/c1-2-21-10-12-22(13-11-21)19-9-8-17-15-23(16-18(17)14-19)26(24,25)20-6-4-3-5-7-20/h3-9,14H,2,10-13,15-16H2,1H3. The van der Waals surface area contributed by atoms with Gasteiger partial charge in [-0.2, -0.15) is 4.31 Å². The smallest absolute Gasteiger partial charge is 0.243 e. The average molecular weight is 372 g/mol. The number of hydrogen-bond donors (Lipinski definition) is 0. The topological polar surface area (TPSA) is 43.9 Å². The Bertz CT molecular complexity index is 875. The molecule has 0 atom stereocenters. The van der Waals surface area contributed by atoms with E-state index in [1.54, 1.807) is 28.6 Å². The lowest BCUT2D eigenvalue weighted by atomic mass is 10.1. The Balaban J connectivity index is 1.52. The van der Waals surface area contributed by atoms with Crippen molar-refractivity contribution in [1.29, 1.82) is 0 Å². The van der Waals surface area contributed by atoms with Crippen LogP contribution in [-0.2, 0) is 23.1 Å². The van der Waals surface area contributed by atoms with Gasteiger partial charge in [0.05, 0.1) is 4.90 Å². The Kier molecular flexibility index (Phi) is 4.73. The van der Waals surface area contributed by atoms with Crippen molar-refractivity contribution < 1.29 is 8.42 Å². The van der Waals surface area contributed by atoms with Gasteiger partial charge in [-0.05, 0) is 41.9 Å². The molecule has 2 heterocycles. The van der Waals surface area contributed by atoms with Gasteiger partial charge in [0.25, 0.3) is 0 Å². The van der Waals surface area contributed by atoms with E-state index in [1.165, 1.54) is 5.69 Å². The van der Waals surface area contributed by atoms with Gasteiger partial charge < -0.3 is 9.80 Å². The largest absolute Gasteiger partial charge is 0.369 e. The maximum absolute atomic E-state index is 12.9. The molecule has 0 radical (unpaired) electrons. The zero-order valence-electron chi connectivity index (χ0n) is 15.1. The van der Waals surface area contributed by atoms with E-state index < -0.39 is 10.0 Å². The predicted molar refractivity (Wildman–Crippen MR) is 104 cm³/mol. The summed E-state index contributed by atoms with van der Waals surface area (Å²) in [6, 6.07) is 15.1. The van der Waals surface area contributed by atoms with Crippen molar-refractivity contribution in [1.82, 2.24) is 9.21 Å². The fraction of sp³-hybridized carbons (Fsp3) is 0.400. The minimum Gasteiger partial charge on any atom is -0.369 e. The Morgan fingerprint density at radius 3 is 2.27 bits per heavy atom. The molecule has 0 aliphatic carbocycles. The van der Waals surface area contributed by atoms with Crippen LogP contribution in [0.25, 0.3) is 0 Å². The zero-order valence-corrected chi connectivity index (χ0v) is 16.0. The highest BCUT2D eigenvalue weighted by Crippen LogP contribution is 2.31. The highest BCUT2D eigenvalue weighted by molar-refractivity contribution is 7.89. The monoisotopic (exact) mass is 371 g/mol. The second-order valence-electron chi connectivity index (χ2n) is 6.96. The molecule has 1 fully saturated rings. The highest BCUT2D eigenvalue weighted by atomic mass is 32.2. The lowest BCUT2D eigenvalue weighted by Gasteiger charge is -2.35. The van der Waals surface area contributed by atoms with Crippen LogP contribution in [0, 0.1) is 0 Å². The summed E-state index contributed by atoms with van der Waals surface area (Å²) in [6.45, 7) is 8.43. The number of nitrogens with zero attached hydrogens (tertiary/aromatic N) is 3. The fourth-order valence-corrected chi connectivity index (χ4v) is 5.20. The van der Waals surface area contributed by atoms with Crippen molar-refractivity contribution in [2.24, 2.45) is 0 Å². The Labute approximate surface area is 155 Å². The van der Waals surface area contributed by atoms with Crippen LogP contribution in [0.2, 0.25) is 0 Å². The van der Waals surface area contributed by atoms with Gasteiger partial charge in [-0.1, -0.05) is 31.2 Å². The van der Waals surface area contributed by atoms with Gasteiger partial charge in [-0.25, -0.2) is 8.42 Å². The van der Waals surface area contributed by atoms with Crippen molar-refractivity contribution >= 4 is 15.7 Å². The average Bonchev–Trinajstić information content (AvgIpc) is 3.13. The summed E-state index contributed by atoms with van der Waals surface area (Å²) in [5, 5.41) is 0. The van der Waals surface area contributed by atoms with Gasteiger partial charge in [0.15, 0.2) is 0 Å². The number of rotatable bonds is 4. The van der Waals surface area contributed by atoms with Crippen LogP contribution in [-0.4, -0.2) is 50.3 Å². The Hall–Kier alpha value is -1.89. The molecule has 2 aliphatic heterocycles. The quantitative estimate of drug-likeness (QED) is 0.828. The molecule has 0 unspecified atom stereocenters. The molecule has 0 amide bonds. The molecule has 1 saturated heterocycles. The molecule has 5 nitrogen and oxygen atoms in total. The highest BCUT2D eigenvalue weighted by Gasteiger charge is 2.31. The molecule has 2 aliphatic rings. The number of anilines is 1. The fourth-order valence-electron chi connectivity index (χ4n) is 3.78. The zero-order chi connectivity index (χ0) is 18.1. The minimum absolute atomic E-state index is 0.365. The number of benzene rings is 2. The van der Waals surface area contributed by atoms with E-state index in [0.29, 0.717) is 18.0 Å². The van der Waals surface area contributed by atoms with Gasteiger partial charge in [-0.15, -0.1) is 0 Å². The van der Waals surface area contributed by atoms with Crippen LogP contribution in [0.3, 0.4) is 0 Å². The van der Waals surface area contributed by atoms with E-state index in [0.717, 1.165) is 43.9 Å². The van der Waals surface area contributed by atoms with E-state index in [2.05, 4.69) is 34.9 Å². The molecule has 4 rings (SSSR count). The first kappa shape index (κ1) is 17.5. The van der Waals surface area contributed by atoms with Crippen molar-refractivity contribution in [2.45, 2.75) is 24.9 Å². The Morgan fingerprint density at radius 1 is 0.885 bits per heavy atom. The first-order chi connectivity index (χ1) is 12.6. The number of hydrogen-bond acceptors (Lipinski definition) is 4. The Morgan fingerprint density at radius 2 is 1.58 bits per heavy atom. The number of sulfonamides is 1. The molecule has 0 N–H and O–H groups in total. The first-order valence-corrected chi connectivity index (χ1v) is 10.7. The molecule has 138 valence electrons. The maximum Gasteiger partial charge on any atom is 0.243 e. The van der Waals surface area contributed by atoms with Crippen molar-refractivity contribution in [3.8, 4) is 0 Å². The molecule has 0 bridgehead atoms. The molecule has 0 aromatic heterocycles. The van der Waals surface area contributed by atoms with Crippen LogP contribution < -0.4 is 4.90 Å². The third-order valence-electron chi connectivity index (χ3n) is 5.45. The summed E-state index contributed by atoms with van der Waals surface area (Å²) in [4.78, 5) is 5.22. The van der Waals surface area contributed by atoms with Crippen LogP contribution in [0.4, 0.5) is 5.69 Å². The third-order valence-corrected chi connectivity index (χ3v) is 7.25. The summed E-state index contributed by atoms with van der Waals surface area (Å²) in [5.74, 6) is 0. The van der Waals surface area contributed by atoms with Gasteiger partial charge in [0.2, 0.25) is 10.0 Å². The van der Waals surface area contributed by atoms with Gasteiger partial charge in [0, 0.05) is 45.0 Å². The van der Waals surface area contributed by atoms with Crippen molar-refractivity contribution in [3.05, 3.63) is 59.7 Å². The van der Waals surface area contributed by atoms with Crippen molar-refractivity contribution in [3.63, 3.8) is 0 Å². The molecule has 6 heteroatoms. The number of fused-ring (bicyclic) bond motifs is 1. The molecule has 0 spiro atoms. The summed E-state index contributed by atoms with van der Waals surface area (Å²) in [5.41, 5.74) is 3.44. The summed E-state index contributed by atoms with van der Waals surface area (Å²) in [6.07, 6.45) is 0. The van der Waals surface area contributed by atoms with Crippen LogP contribution >= 0.6 is 0 Å². The van der Waals surface area contributed by atoms with Crippen LogP contribution in [0.1, 0.15) is 18.1 Å². The second kappa shape index (κ2) is 7.02. The van der Waals surface area contributed by atoms with E-state index >= 15 is 0 Å². The van der Waals surface area contributed by atoms with Gasteiger partial charge in [-0.3, -0.25) is 0 Å². The summed E-state index contributed by atoms with van der Waals surface area (Å²) < 4.78 is 27.3. The van der Waals surface area contributed by atoms with E-state index in [4.69, 9.17) is 0 Å². The molecule has 2 aromatic carbocycles. The third kappa shape index (κ3) is 3.24. The van der Waals surface area contributed by atoms with Crippen molar-refractivity contribution in [2.75, 3.05) is 37.6 Å². The lowest BCUT2D eigenvalue weighted by molar-refractivity contribution is 0.271. The summed E-state index contributed by atoms with van der Waals surface area (Å²) >= 11 is 0. The van der Waals surface area contributed by atoms with Gasteiger partial charge >= 0.3 is 0 Å². The van der Waals surface area contributed by atoms with Crippen LogP contribution in [0.5, 0.6) is 0 Å². The first-order valence-electron chi connectivity index (χ1n) is 9.22. The SMILES string of the molecule is CCN1CCN(c2ccc3c(c2)CN(S(=O)(=O)c2ccccc2)C3)CC1. The molecular weight excluding hydrogens is 346 g/mol. The van der Waals surface area contributed by atoms with E-state index in [9.17, 15) is 8.42 Å². The lowest BCUT2D eigenvalue weighted by Crippen LogP contribution is -2.46. The van der Waals surface area contributed by atoms with Gasteiger partial charge in [0.1, 0.15) is 0 Å². The minimum atomic E-state index is -3.44.